The Morgan fingerprint density at radius 2 is 1.86 bits per heavy atom. The standard InChI is InChI=1S/C16H24BrNO4/c1-16(2,3)22-15(21)18-9-8-13(19)14(20)12-6-4-11(10-17)5-7-12/h4-7,13-14,19-20H,8-10H2,1-3H3,(H,18,21). The number of alkyl carbamates (subject to hydrolysis) is 1. The lowest BCUT2D eigenvalue weighted by Gasteiger charge is -2.21. The van der Waals surface area contributed by atoms with Gasteiger partial charge < -0.3 is 20.3 Å². The van der Waals surface area contributed by atoms with Gasteiger partial charge in [0.15, 0.2) is 0 Å². The van der Waals surface area contributed by atoms with E-state index in [9.17, 15) is 15.0 Å². The summed E-state index contributed by atoms with van der Waals surface area (Å²) >= 11 is 3.35. The number of halogens is 1. The third-order valence-corrected chi connectivity index (χ3v) is 3.60. The van der Waals surface area contributed by atoms with Gasteiger partial charge in [-0.1, -0.05) is 40.2 Å². The Morgan fingerprint density at radius 1 is 1.27 bits per heavy atom. The number of hydrogen-bond acceptors (Lipinski definition) is 4. The van der Waals surface area contributed by atoms with Crippen molar-refractivity contribution in [2.45, 2.75) is 50.3 Å². The second-order valence-corrected chi connectivity index (χ2v) is 6.67. The Labute approximate surface area is 139 Å². The first-order valence-corrected chi connectivity index (χ1v) is 8.33. The van der Waals surface area contributed by atoms with Gasteiger partial charge in [-0.15, -0.1) is 0 Å². The molecule has 1 aromatic carbocycles. The average Bonchev–Trinajstić information content (AvgIpc) is 2.44. The molecule has 0 aliphatic carbocycles. The first-order chi connectivity index (χ1) is 10.2. The molecule has 6 heteroatoms. The van der Waals surface area contributed by atoms with Gasteiger partial charge in [0, 0.05) is 11.9 Å². The molecule has 0 saturated carbocycles. The van der Waals surface area contributed by atoms with Crippen LogP contribution in [0.1, 0.15) is 44.4 Å². The lowest BCUT2D eigenvalue weighted by Crippen LogP contribution is -2.34. The fourth-order valence-electron chi connectivity index (χ4n) is 1.82. The Bertz CT molecular complexity index is 470. The summed E-state index contributed by atoms with van der Waals surface area (Å²) in [5, 5.41) is 23.4. The Kier molecular flexibility index (Phi) is 7.32. The number of alkyl halides is 1. The molecule has 0 aliphatic heterocycles. The predicted molar refractivity (Wildman–Crippen MR) is 88.9 cm³/mol. The largest absolute Gasteiger partial charge is 0.444 e. The lowest BCUT2D eigenvalue weighted by atomic mass is 10.0. The first kappa shape index (κ1) is 18.9. The Balaban J connectivity index is 2.40. The van der Waals surface area contributed by atoms with Crippen molar-refractivity contribution in [3.63, 3.8) is 0 Å². The molecule has 3 N–H and O–H groups in total. The SMILES string of the molecule is CC(C)(C)OC(=O)NCCC(O)C(O)c1ccc(CBr)cc1. The van der Waals surface area contributed by atoms with Crippen molar-refractivity contribution in [3.8, 4) is 0 Å². The maximum atomic E-state index is 11.5. The lowest BCUT2D eigenvalue weighted by molar-refractivity contribution is 0.0123. The molecule has 22 heavy (non-hydrogen) atoms. The Morgan fingerprint density at radius 3 is 2.36 bits per heavy atom. The number of hydrogen-bond donors (Lipinski definition) is 3. The maximum absolute atomic E-state index is 11.5. The van der Waals surface area contributed by atoms with Crippen molar-refractivity contribution in [2.24, 2.45) is 0 Å². The number of carbonyl (C=O) groups excluding carboxylic acids is 1. The normalized spacial score (nSPS) is 14.3. The highest BCUT2D eigenvalue weighted by Crippen LogP contribution is 2.20. The number of ether oxygens (including phenoxy) is 1. The molecule has 0 spiro atoms. The van der Waals surface area contributed by atoms with Crippen LogP contribution < -0.4 is 5.32 Å². The van der Waals surface area contributed by atoms with Crippen LogP contribution in [0.3, 0.4) is 0 Å². The van der Waals surface area contributed by atoms with E-state index in [4.69, 9.17) is 4.74 Å². The molecule has 1 aromatic rings. The minimum Gasteiger partial charge on any atom is -0.444 e. The van der Waals surface area contributed by atoms with E-state index in [0.717, 1.165) is 10.9 Å². The highest BCUT2D eigenvalue weighted by atomic mass is 79.9. The maximum Gasteiger partial charge on any atom is 0.407 e. The van der Waals surface area contributed by atoms with E-state index in [1.165, 1.54) is 0 Å². The molecule has 1 amide bonds. The van der Waals surface area contributed by atoms with E-state index in [0.29, 0.717) is 5.56 Å². The van der Waals surface area contributed by atoms with Crippen LogP contribution in [-0.2, 0) is 10.1 Å². The first-order valence-electron chi connectivity index (χ1n) is 7.20. The summed E-state index contributed by atoms with van der Waals surface area (Å²) in [7, 11) is 0. The van der Waals surface area contributed by atoms with E-state index in [2.05, 4.69) is 21.2 Å². The van der Waals surface area contributed by atoms with Crippen LogP contribution in [0.4, 0.5) is 4.79 Å². The molecular formula is C16H24BrNO4. The van der Waals surface area contributed by atoms with E-state index < -0.39 is 23.9 Å². The van der Waals surface area contributed by atoms with Crippen molar-refractivity contribution >= 4 is 22.0 Å². The second-order valence-electron chi connectivity index (χ2n) is 6.10. The highest BCUT2D eigenvalue weighted by Gasteiger charge is 2.19. The number of rotatable bonds is 6. The summed E-state index contributed by atoms with van der Waals surface area (Å²) in [6.45, 7) is 5.57. The van der Waals surface area contributed by atoms with Crippen LogP contribution in [0.15, 0.2) is 24.3 Å². The van der Waals surface area contributed by atoms with E-state index >= 15 is 0 Å². The van der Waals surface area contributed by atoms with Crippen LogP contribution in [0.2, 0.25) is 0 Å². The van der Waals surface area contributed by atoms with Crippen molar-refractivity contribution < 1.29 is 19.7 Å². The molecular weight excluding hydrogens is 350 g/mol. The van der Waals surface area contributed by atoms with Crippen molar-refractivity contribution in [1.29, 1.82) is 0 Å². The molecule has 0 saturated heterocycles. The third-order valence-electron chi connectivity index (χ3n) is 2.95. The van der Waals surface area contributed by atoms with E-state index in [1.807, 2.05) is 12.1 Å². The van der Waals surface area contributed by atoms with E-state index in [-0.39, 0.29) is 13.0 Å². The molecule has 0 radical (unpaired) electrons. The van der Waals surface area contributed by atoms with Gasteiger partial charge in [0.1, 0.15) is 11.7 Å². The minimum atomic E-state index is -0.982. The van der Waals surface area contributed by atoms with Crippen LogP contribution >= 0.6 is 15.9 Å². The summed E-state index contributed by atoms with van der Waals surface area (Å²) < 4.78 is 5.09. The summed E-state index contributed by atoms with van der Waals surface area (Å²) in [5.74, 6) is 0. The predicted octanol–water partition coefficient (Wildman–Crippen LogP) is 2.89. The average molecular weight is 374 g/mol. The number of benzene rings is 1. The Hall–Kier alpha value is -1.11. The number of amides is 1. The molecule has 0 heterocycles. The number of aliphatic hydroxyl groups is 2. The van der Waals surface area contributed by atoms with Gasteiger partial charge in [-0.25, -0.2) is 4.79 Å². The van der Waals surface area contributed by atoms with Gasteiger partial charge in [-0.3, -0.25) is 0 Å². The fraction of sp³-hybridized carbons (Fsp3) is 0.562. The summed E-state index contributed by atoms with van der Waals surface area (Å²) in [6.07, 6.45) is -2.23. The number of nitrogens with one attached hydrogen (secondary N) is 1. The van der Waals surface area contributed by atoms with Crippen LogP contribution in [0, 0.1) is 0 Å². The summed E-state index contributed by atoms with van der Waals surface area (Å²) in [6, 6.07) is 7.34. The number of carbonyl (C=O) groups is 1. The molecule has 124 valence electrons. The third kappa shape index (κ3) is 6.77. The molecule has 1 rings (SSSR count). The molecule has 0 bridgehead atoms. The van der Waals surface area contributed by atoms with Crippen molar-refractivity contribution in [2.75, 3.05) is 6.54 Å². The van der Waals surface area contributed by atoms with Crippen molar-refractivity contribution in [1.82, 2.24) is 5.32 Å². The zero-order valence-electron chi connectivity index (χ0n) is 13.2. The topological polar surface area (TPSA) is 78.8 Å². The van der Waals surface area contributed by atoms with Crippen molar-refractivity contribution in [3.05, 3.63) is 35.4 Å². The summed E-state index contributed by atoms with van der Waals surface area (Å²) in [5.41, 5.74) is 1.19. The molecule has 0 aromatic heterocycles. The second kappa shape index (κ2) is 8.50. The van der Waals surface area contributed by atoms with Gasteiger partial charge in [-0.2, -0.15) is 0 Å². The molecule has 5 nitrogen and oxygen atoms in total. The zero-order chi connectivity index (χ0) is 16.8. The van der Waals surface area contributed by atoms with Gasteiger partial charge >= 0.3 is 6.09 Å². The molecule has 0 fully saturated rings. The van der Waals surface area contributed by atoms with Gasteiger partial charge in [0.25, 0.3) is 0 Å². The van der Waals surface area contributed by atoms with Gasteiger partial charge in [-0.05, 0) is 38.3 Å². The fourth-order valence-corrected chi connectivity index (χ4v) is 2.19. The molecule has 2 unspecified atom stereocenters. The molecule has 0 aliphatic rings. The summed E-state index contributed by atoms with van der Waals surface area (Å²) in [4.78, 5) is 11.5. The van der Waals surface area contributed by atoms with Gasteiger partial charge in [0.2, 0.25) is 0 Å². The highest BCUT2D eigenvalue weighted by molar-refractivity contribution is 9.08. The van der Waals surface area contributed by atoms with Gasteiger partial charge in [0.05, 0.1) is 6.10 Å². The minimum absolute atomic E-state index is 0.229. The zero-order valence-corrected chi connectivity index (χ0v) is 14.8. The smallest absolute Gasteiger partial charge is 0.407 e. The van der Waals surface area contributed by atoms with Crippen LogP contribution in [-0.4, -0.2) is 34.6 Å². The van der Waals surface area contributed by atoms with E-state index in [1.54, 1.807) is 32.9 Å². The molecule has 2 atom stereocenters. The monoisotopic (exact) mass is 373 g/mol. The quantitative estimate of drug-likeness (QED) is 0.669. The van der Waals surface area contributed by atoms with Crippen LogP contribution in [0.5, 0.6) is 0 Å². The number of aliphatic hydroxyl groups excluding tert-OH is 2. The van der Waals surface area contributed by atoms with Crippen LogP contribution in [0.25, 0.3) is 0 Å².